The summed E-state index contributed by atoms with van der Waals surface area (Å²) in [5.41, 5.74) is 0.222. The molecule has 0 saturated heterocycles. The van der Waals surface area contributed by atoms with Crippen LogP contribution in [-0.4, -0.2) is 10.6 Å². The normalized spacial score (nSPS) is 24.3. The predicted octanol–water partition coefficient (Wildman–Crippen LogP) is 1.35. The minimum atomic E-state index is 0.222. The van der Waals surface area contributed by atoms with Crippen LogP contribution >= 0.6 is 0 Å². The molecule has 0 aromatic rings. The average Bonchev–Trinajstić information content (AvgIpc) is 2.21. The predicted molar refractivity (Wildman–Crippen MR) is 30.0 cm³/mol. The lowest BCUT2D eigenvalue weighted by Crippen LogP contribution is -2.05. The van der Waals surface area contributed by atoms with Gasteiger partial charge in [0.1, 0.15) is 0 Å². The molecule has 0 radical (unpaired) electrons. The summed E-state index contributed by atoms with van der Waals surface area (Å²) in [5, 5.41) is 0. The summed E-state index contributed by atoms with van der Waals surface area (Å²) in [6.45, 7) is 3.87. The quantitative estimate of drug-likeness (QED) is 0.442. The molecule has 0 aromatic heterocycles. The summed E-state index contributed by atoms with van der Waals surface area (Å²) in [5.74, 6) is 0.604. The summed E-state index contributed by atoms with van der Waals surface area (Å²) in [6, 6.07) is 0. The van der Waals surface area contributed by atoms with Gasteiger partial charge < -0.3 is 0 Å². The van der Waals surface area contributed by atoms with Crippen molar-refractivity contribution in [2.24, 2.45) is 5.41 Å². The number of hydrogen-bond donors (Lipinski definition) is 0. The van der Waals surface area contributed by atoms with Gasteiger partial charge in [-0.25, -0.2) is 0 Å². The molecule has 1 N–H and O–H groups in total. The topological polar surface area (TPSA) is 21.4 Å². The Balaban J connectivity index is 2.55. The molecular formula is C6H11O+. The van der Waals surface area contributed by atoms with Crippen LogP contribution in [0.15, 0.2) is 0 Å². The maximum atomic E-state index is 8.87. The molecule has 0 heterocycles. The van der Waals surface area contributed by atoms with Crippen LogP contribution < -0.4 is 0 Å². The highest BCUT2D eigenvalue weighted by Crippen LogP contribution is 2.45. The fourth-order valence-corrected chi connectivity index (χ4v) is 0.549. The van der Waals surface area contributed by atoms with E-state index in [9.17, 15) is 0 Å². The molecule has 0 amide bonds. The molecule has 0 spiro atoms. The molecule has 0 unspecified atom stereocenters. The number of rotatable bonds is 1. The minimum Gasteiger partial charge on any atom is -0.283 e. The van der Waals surface area contributed by atoms with E-state index < -0.39 is 0 Å². The van der Waals surface area contributed by atoms with Gasteiger partial charge in [-0.05, 0) is 19.8 Å². The second-order valence-corrected chi connectivity index (χ2v) is 2.65. The van der Waals surface area contributed by atoms with Crippen molar-refractivity contribution in [2.75, 3.05) is 0 Å². The molecular weight excluding hydrogens is 88.1 g/mol. The number of hydrogen-bond acceptors (Lipinski definition) is 0. The van der Waals surface area contributed by atoms with Gasteiger partial charge in [0, 0.05) is 6.92 Å². The lowest BCUT2D eigenvalue weighted by Gasteiger charge is -1.89. The molecule has 7 heavy (non-hydrogen) atoms. The van der Waals surface area contributed by atoms with Gasteiger partial charge in [0.05, 0.1) is 5.41 Å². The molecule has 0 atom stereocenters. The van der Waals surface area contributed by atoms with Crippen LogP contribution in [0.3, 0.4) is 0 Å². The highest BCUT2D eigenvalue weighted by Gasteiger charge is 2.46. The smallest absolute Gasteiger partial charge is 0.283 e. The van der Waals surface area contributed by atoms with Crippen molar-refractivity contribution in [3.63, 3.8) is 0 Å². The monoisotopic (exact) mass is 99.1 g/mol. The average molecular weight is 99.2 g/mol. The van der Waals surface area contributed by atoms with Gasteiger partial charge in [-0.1, -0.05) is 0 Å². The summed E-state index contributed by atoms with van der Waals surface area (Å²) in [7, 11) is 0. The second-order valence-electron chi connectivity index (χ2n) is 2.65. The van der Waals surface area contributed by atoms with E-state index in [2.05, 4.69) is 6.92 Å². The maximum Gasteiger partial charge on any atom is 0.295 e. The molecule has 1 aliphatic carbocycles. The van der Waals surface area contributed by atoms with E-state index in [-0.39, 0.29) is 5.41 Å². The van der Waals surface area contributed by atoms with Crippen molar-refractivity contribution >= 4 is 5.78 Å². The van der Waals surface area contributed by atoms with Gasteiger partial charge in [-0.15, -0.1) is 0 Å². The maximum absolute atomic E-state index is 8.87. The van der Waals surface area contributed by atoms with Crippen LogP contribution in [-0.2, 0) is 0 Å². The minimum absolute atomic E-state index is 0.222. The lowest BCUT2D eigenvalue weighted by atomic mass is 10.1. The van der Waals surface area contributed by atoms with Crippen LogP contribution in [0.25, 0.3) is 0 Å². The Morgan fingerprint density at radius 2 is 2.00 bits per heavy atom. The van der Waals surface area contributed by atoms with Gasteiger partial charge in [-0.3, -0.25) is 4.79 Å². The summed E-state index contributed by atoms with van der Waals surface area (Å²) >= 11 is 0. The van der Waals surface area contributed by atoms with E-state index >= 15 is 0 Å². The second kappa shape index (κ2) is 1.09. The molecule has 0 bridgehead atoms. The molecule has 1 heteroatoms. The Morgan fingerprint density at radius 1 is 1.57 bits per heavy atom. The standard InChI is InChI=1S/C6H10O/c1-5(7)6(2)3-4-6/h3-4H2,1-2H3/p+1. The Bertz CT molecular complexity index is 101. The summed E-state index contributed by atoms with van der Waals surface area (Å²) in [4.78, 5) is 8.87. The Morgan fingerprint density at radius 3 is 2.00 bits per heavy atom. The van der Waals surface area contributed by atoms with E-state index in [0.717, 1.165) is 0 Å². The van der Waals surface area contributed by atoms with E-state index in [1.807, 2.05) is 0 Å². The van der Waals surface area contributed by atoms with Crippen LogP contribution in [0, 0.1) is 5.41 Å². The van der Waals surface area contributed by atoms with Crippen LogP contribution in [0.1, 0.15) is 26.7 Å². The van der Waals surface area contributed by atoms with E-state index in [4.69, 9.17) is 4.79 Å². The third-order valence-electron chi connectivity index (χ3n) is 1.87. The highest BCUT2D eigenvalue weighted by atomic mass is 16.1. The largest absolute Gasteiger partial charge is 0.295 e. The van der Waals surface area contributed by atoms with Crippen molar-refractivity contribution in [3.05, 3.63) is 0 Å². The first-order valence-electron chi connectivity index (χ1n) is 2.68. The molecule has 1 aliphatic rings. The van der Waals surface area contributed by atoms with E-state index in [1.165, 1.54) is 12.8 Å². The fraction of sp³-hybridized carbons (Fsp3) is 0.833. The summed E-state index contributed by atoms with van der Waals surface area (Å²) < 4.78 is 0. The first kappa shape index (κ1) is 4.82. The van der Waals surface area contributed by atoms with Crippen molar-refractivity contribution in [3.8, 4) is 0 Å². The Kier molecular flexibility index (Phi) is 0.748. The third kappa shape index (κ3) is 0.671. The molecule has 0 aliphatic heterocycles. The van der Waals surface area contributed by atoms with Gasteiger partial charge in [0.15, 0.2) is 0 Å². The van der Waals surface area contributed by atoms with Crippen LogP contribution in [0.4, 0.5) is 0 Å². The zero-order valence-corrected chi connectivity index (χ0v) is 4.86. The van der Waals surface area contributed by atoms with E-state index in [0.29, 0.717) is 5.78 Å². The highest BCUT2D eigenvalue weighted by molar-refractivity contribution is 5.85. The SMILES string of the molecule is CC(=[OH+])C1(C)CC1. The van der Waals surface area contributed by atoms with Gasteiger partial charge in [0.25, 0.3) is 5.78 Å². The molecule has 0 aromatic carbocycles. The van der Waals surface area contributed by atoms with Crippen molar-refractivity contribution < 1.29 is 4.79 Å². The van der Waals surface area contributed by atoms with Crippen molar-refractivity contribution in [2.45, 2.75) is 26.7 Å². The molecule has 1 rings (SSSR count). The third-order valence-corrected chi connectivity index (χ3v) is 1.87. The first-order chi connectivity index (χ1) is 3.15. The first-order valence-corrected chi connectivity index (χ1v) is 2.68. The Hall–Kier alpha value is -0.330. The summed E-state index contributed by atoms with van der Waals surface area (Å²) in [6.07, 6.45) is 2.35. The van der Waals surface area contributed by atoms with Gasteiger partial charge in [-0.2, -0.15) is 0 Å². The Labute approximate surface area is 43.7 Å². The zero-order chi connectivity index (χ0) is 5.49. The fourth-order valence-electron chi connectivity index (χ4n) is 0.549. The molecule has 40 valence electrons. The number of ketones is 1. The van der Waals surface area contributed by atoms with Gasteiger partial charge >= 0.3 is 0 Å². The molecule has 1 fully saturated rings. The van der Waals surface area contributed by atoms with E-state index in [1.54, 1.807) is 6.92 Å². The number of carbonyl (C=O) groups excluding carboxylic acids is 1. The van der Waals surface area contributed by atoms with Crippen LogP contribution in [0.2, 0.25) is 0 Å². The van der Waals surface area contributed by atoms with Crippen molar-refractivity contribution in [1.29, 1.82) is 0 Å². The van der Waals surface area contributed by atoms with Gasteiger partial charge in [0.2, 0.25) is 0 Å². The molecule has 1 saturated carbocycles. The van der Waals surface area contributed by atoms with Crippen LogP contribution in [0.5, 0.6) is 0 Å². The van der Waals surface area contributed by atoms with Crippen molar-refractivity contribution in [1.82, 2.24) is 0 Å². The molecule has 1 nitrogen and oxygen atoms in total. The zero-order valence-electron chi connectivity index (χ0n) is 4.86. The lowest BCUT2D eigenvalue weighted by molar-refractivity contribution is 0.602.